The second-order valence-electron chi connectivity index (χ2n) is 7.40. The molecule has 1 fully saturated rings. The number of fused-ring (bicyclic) bond motifs is 1. The molecule has 2 atom stereocenters. The molecule has 4 nitrogen and oxygen atoms in total. The summed E-state index contributed by atoms with van der Waals surface area (Å²) >= 11 is 0. The van der Waals surface area contributed by atoms with Crippen molar-refractivity contribution < 1.29 is 4.79 Å². The minimum absolute atomic E-state index is 0.0652. The SMILES string of the molecule is CC(C(=O)N1CCc2ccccc21)N1CCC(N)C(C)(C)C1. The van der Waals surface area contributed by atoms with Gasteiger partial charge in [0.15, 0.2) is 0 Å². The van der Waals surface area contributed by atoms with Crippen LogP contribution in [0.2, 0.25) is 0 Å². The molecule has 2 unspecified atom stereocenters. The van der Waals surface area contributed by atoms with E-state index in [0.29, 0.717) is 0 Å². The summed E-state index contributed by atoms with van der Waals surface area (Å²) < 4.78 is 0. The lowest BCUT2D eigenvalue weighted by Gasteiger charge is -2.45. The number of piperidine rings is 1. The number of benzene rings is 1. The van der Waals surface area contributed by atoms with E-state index in [-0.39, 0.29) is 23.4 Å². The van der Waals surface area contributed by atoms with Gasteiger partial charge in [-0.25, -0.2) is 0 Å². The maximum absolute atomic E-state index is 13.0. The molecule has 120 valence electrons. The van der Waals surface area contributed by atoms with E-state index in [1.165, 1.54) is 5.56 Å². The molecule has 3 rings (SSSR count). The second-order valence-corrected chi connectivity index (χ2v) is 7.40. The molecule has 2 heterocycles. The Labute approximate surface area is 133 Å². The highest BCUT2D eigenvalue weighted by Crippen LogP contribution is 2.31. The van der Waals surface area contributed by atoms with Crippen LogP contribution < -0.4 is 10.6 Å². The number of likely N-dealkylation sites (tertiary alicyclic amines) is 1. The lowest BCUT2D eigenvalue weighted by atomic mass is 9.79. The van der Waals surface area contributed by atoms with Crippen LogP contribution in [0.3, 0.4) is 0 Å². The second kappa shape index (κ2) is 5.67. The highest BCUT2D eigenvalue weighted by atomic mass is 16.2. The van der Waals surface area contributed by atoms with Gasteiger partial charge in [0.25, 0.3) is 0 Å². The summed E-state index contributed by atoms with van der Waals surface area (Å²) in [7, 11) is 0. The Bertz CT molecular complexity index is 569. The van der Waals surface area contributed by atoms with Gasteiger partial charge in [0, 0.05) is 31.4 Å². The standard InChI is InChI=1S/C18H27N3O/c1-13(20-10-9-16(19)18(2,3)12-20)17(22)21-11-8-14-6-4-5-7-15(14)21/h4-7,13,16H,8-12,19H2,1-3H3. The molecular formula is C18H27N3O. The summed E-state index contributed by atoms with van der Waals surface area (Å²) in [5.74, 6) is 0.219. The molecule has 1 aromatic rings. The average Bonchev–Trinajstić information content (AvgIpc) is 2.92. The zero-order valence-electron chi connectivity index (χ0n) is 13.9. The Balaban J connectivity index is 1.73. The number of anilines is 1. The van der Waals surface area contributed by atoms with Crippen molar-refractivity contribution in [2.24, 2.45) is 11.1 Å². The molecule has 1 aromatic carbocycles. The van der Waals surface area contributed by atoms with Crippen molar-refractivity contribution in [3.63, 3.8) is 0 Å². The van der Waals surface area contributed by atoms with Gasteiger partial charge >= 0.3 is 0 Å². The maximum atomic E-state index is 13.0. The number of carbonyl (C=O) groups is 1. The Kier molecular flexibility index (Phi) is 4.00. The van der Waals surface area contributed by atoms with Gasteiger partial charge in [-0.3, -0.25) is 9.69 Å². The Morgan fingerprint density at radius 2 is 2.05 bits per heavy atom. The predicted molar refractivity (Wildman–Crippen MR) is 89.9 cm³/mol. The van der Waals surface area contributed by atoms with Crippen LogP contribution in [0.5, 0.6) is 0 Å². The minimum atomic E-state index is -0.0852. The summed E-state index contributed by atoms with van der Waals surface area (Å²) in [6.07, 6.45) is 1.92. The first-order chi connectivity index (χ1) is 10.4. The van der Waals surface area contributed by atoms with Crippen LogP contribution in [0.25, 0.3) is 0 Å². The highest BCUT2D eigenvalue weighted by Gasteiger charge is 2.38. The Hall–Kier alpha value is -1.39. The Morgan fingerprint density at radius 1 is 1.32 bits per heavy atom. The van der Waals surface area contributed by atoms with Crippen molar-refractivity contribution in [3.8, 4) is 0 Å². The van der Waals surface area contributed by atoms with E-state index < -0.39 is 0 Å². The number of hydrogen-bond acceptors (Lipinski definition) is 3. The van der Waals surface area contributed by atoms with E-state index in [1.54, 1.807) is 0 Å². The van der Waals surface area contributed by atoms with E-state index in [4.69, 9.17) is 5.73 Å². The summed E-state index contributed by atoms with van der Waals surface area (Å²) in [6, 6.07) is 8.37. The summed E-state index contributed by atoms with van der Waals surface area (Å²) in [5, 5.41) is 0. The average molecular weight is 301 g/mol. The number of nitrogens with two attached hydrogens (primary N) is 1. The summed E-state index contributed by atoms with van der Waals surface area (Å²) in [5.41, 5.74) is 8.65. The molecule has 0 aromatic heterocycles. The van der Waals surface area contributed by atoms with E-state index in [2.05, 4.69) is 30.9 Å². The quantitative estimate of drug-likeness (QED) is 0.909. The van der Waals surface area contributed by atoms with Gasteiger partial charge in [0.1, 0.15) is 0 Å². The van der Waals surface area contributed by atoms with E-state index in [0.717, 1.165) is 38.2 Å². The monoisotopic (exact) mass is 301 g/mol. The molecule has 2 N–H and O–H groups in total. The number of amides is 1. The fourth-order valence-electron chi connectivity index (χ4n) is 3.69. The largest absolute Gasteiger partial charge is 0.327 e. The smallest absolute Gasteiger partial charge is 0.244 e. The number of hydrogen-bond donors (Lipinski definition) is 1. The van der Waals surface area contributed by atoms with E-state index >= 15 is 0 Å². The van der Waals surface area contributed by atoms with Crippen LogP contribution in [-0.4, -0.2) is 42.5 Å². The molecule has 1 amide bonds. The molecule has 1 saturated heterocycles. The topological polar surface area (TPSA) is 49.6 Å². The number of rotatable bonds is 2. The molecule has 2 aliphatic heterocycles. The molecule has 0 saturated carbocycles. The normalized spacial score (nSPS) is 25.8. The minimum Gasteiger partial charge on any atom is -0.327 e. The van der Waals surface area contributed by atoms with Gasteiger partial charge < -0.3 is 10.6 Å². The number of para-hydroxylation sites is 1. The van der Waals surface area contributed by atoms with E-state index in [1.807, 2.05) is 24.0 Å². The van der Waals surface area contributed by atoms with Crippen molar-refractivity contribution in [1.29, 1.82) is 0 Å². The fourth-order valence-corrected chi connectivity index (χ4v) is 3.69. The van der Waals surface area contributed by atoms with Gasteiger partial charge in [-0.1, -0.05) is 32.0 Å². The van der Waals surface area contributed by atoms with Gasteiger partial charge in [0.2, 0.25) is 5.91 Å². The van der Waals surface area contributed by atoms with Crippen LogP contribution in [0.1, 0.15) is 32.8 Å². The van der Waals surface area contributed by atoms with Crippen molar-refractivity contribution in [2.75, 3.05) is 24.5 Å². The van der Waals surface area contributed by atoms with Gasteiger partial charge in [-0.05, 0) is 36.8 Å². The summed E-state index contributed by atoms with van der Waals surface area (Å²) in [6.45, 7) is 9.04. The van der Waals surface area contributed by atoms with Crippen LogP contribution in [0, 0.1) is 5.41 Å². The molecule has 0 radical (unpaired) electrons. The lowest BCUT2D eigenvalue weighted by molar-refractivity contribution is -0.124. The van der Waals surface area contributed by atoms with Crippen molar-refractivity contribution in [3.05, 3.63) is 29.8 Å². The highest BCUT2D eigenvalue weighted by molar-refractivity contribution is 5.98. The van der Waals surface area contributed by atoms with Gasteiger partial charge in [0.05, 0.1) is 6.04 Å². The Morgan fingerprint density at radius 3 is 2.77 bits per heavy atom. The third kappa shape index (κ3) is 2.66. The van der Waals surface area contributed by atoms with Gasteiger partial charge in [-0.15, -0.1) is 0 Å². The molecule has 0 spiro atoms. The first kappa shape index (κ1) is 15.5. The van der Waals surface area contributed by atoms with Gasteiger partial charge in [-0.2, -0.15) is 0 Å². The predicted octanol–water partition coefficient (Wildman–Crippen LogP) is 2.02. The van der Waals surface area contributed by atoms with Crippen molar-refractivity contribution in [2.45, 2.75) is 45.7 Å². The zero-order valence-corrected chi connectivity index (χ0v) is 13.9. The lowest BCUT2D eigenvalue weighted by Crippen LogP contribution is -2.57. The first-order valence-corrected chi connectivity index (χ1v) is 8.29. The molecule has 2 aliphatic rings. The van der Waals surface area contributed by atoms with Crippen LogP contribution in [0.4, 0.5) is 5.69 Å². The zero-order chi connectivity index (χ0) is 15.9. The third-order valence-electron chi connectivity index (χ3n) is 5.40. The van der Waals surface area contributed by atoms with E-state index in [9.17, 15) is 4.79 Å². The molecule has 0 aliphatic carbocycles. The maximum Gasteiger partial charge on any atom is 0.244 e. The molecule has 0 bridgehead atoms. The molecule has 22 heavy (non-hydrogen) atoms. The van der Waals surface area contributed by atoms with Crippen LogP contribution in [0.15, 0.2) is 24.3 Å². The van der Waals surface area contributed by atoms with Crippen molar-refractivity contribution in [1.82, 2.24) is 4.90 Å². The number of carbonyl (C=O) groups excluding carboxylic acids is 1. The van der Waals surface area contributed by atoms with Crippen molar-refractivity contribution >= 4 is 11.6 Å². The molecular weight excluding hydrogens is 274 g/mol. The third-order valence-corrected chi connectivity index (χ3v) is 5.40. The fraction of sp³-hybridized carbons (Fsp3) is 0.611. The van der Waals surface area contributed by atoms with Crippen LogP contribution >= 0.6 is 0 Å². The van der Waals surface area contributed by atoms with Crippen LogP contribution in [-0.2, 0) is 11.2 Å². The summed E-state index contributed by atoms with van der Waals surface area (Å²) in [4.78, 5) is 17.2. The first-order valence-electron chi connectivity index (χ1n) is 8.29. The molecule has 4 heteroatoms. The number of nitrogens with zero attached hydrogens (tertiary/aromatic N) is 2.